The van der Waals surface area contributed by atoms with E-state index in [0.29, 0.717) is 18.2 Å². The third kappa shape index (κ3) is 4.21. The molecule has 0 aromatic carbocycles. The van der Waals surface area contributed by atoms with Crippen LogP contribution in [0.5, 0.6) is 0 Å². The molecule has 2 aliphatic rings. The summed E-state index contributed by atoms with van der Waals surface area (Å²) in [6.45, 7) is 0.427. The summed E-state index contributed by atoms with van der Waals surface area (Å²) in [5.41, 5.74) is 5.52. The van der Waals surface area contributed by atoms with Gasteiger partial charge in [0.15, 0.2) is 0 Å². The zero-order valence-electron chi connectivity index (χ0n) is 11.2. The molecule has 3 N–H and O–H groups in total. The molecule has 0 spiro atoms. The van der Waals surface area contributed by atoms with E-state index in [0.717, 1.165) is 38.5 Å². The molecule has 0 unspecified atom stereocenters. The van der Waals surface area contributed by atoms with Crippen molar-refractivity contribution in [1.29, 1.82) is 0 Å². The summed E-state index contributed by atoms with van der Waals surface area (Å²) in [5.74, 6) is 0.695. The summed E-state index contributed by atoms with van der Waals surface area (Å²) >= 11 is 0. The zero-order chi connectivity index (χ0) is 13.1. The van der Waals surface area contributed by atoms with Gasteiger partial charge in [-0.3, -0.25) is 0 Å². The molecule has 18 heavy (non-hydrogen) atoms. The Bertz CT molecular complexity index is 355. The molecule has 4 nitrogen and oxygen atoms in total. The smallest absolute Gasteiger partial charge is 0.212 e. The third-order valence-corrected chi connectivity index (χ3v) is 5.88. The fourth-order valence-corrected chi connectivity index (χ4v) is 4.88. The lowest BCUT2D eigenvalue weighted by Crippen LogP contribution is -2.54. The molecule has 106 valence electrons. The number of rotatable bonds is 5. The van der Waals surface area contributed by atoms with Crippen molar-refractivity contribution < 1.29 is 8.42 Å². The van der Waals surface area contributed by atoms with E-state index in [-0.39, 0.29) is 5.54 Å². The Morgan fingerprint density at radius 2 is 1.61 bits per heavy atom. The summed E-state index contributed by atoms with van der Waals surface area (Å²) in [5, 5.41) is 0. The lowest BCUT2D eigenvalue weighted by atomic mass is 9.85. The maximum Gasteiger partial charge on any atom is 0.212 e. The highest BCUT2D eigenvalue weighted by atomic mass is 32.2. The van der Waals surface area contributed by atoms with Gasteiger partial charge in [-0.15, -0.1) is 0 Å². The maximum absolute atomic E-state index is 12.1. The van der Waals surface area contributed by atoms with Crippen LogP contribution in [0.3, 0.4) is 0 Å². The molecular weight excluding hydrogens is 248 g/mol. The van der Waals surface area contributed by atoms with Crippen molar-refractivity contribution in [2.75, 3.05) is 12.3 Å². The number of hydrogen-bond donors (Lipinski definition) is 2. The van der Waals surface area contributed by atoms with Gasteiger partial charge in [0, 0.05) is 12.1 Å². The molecule has 0 aromatic heterocycles. The molecule has 0 aromatic rings. The van der Waals surface area contributed by atoms with Crippen LogP contribution in [-0.4, -0.2) is 26.3 Å². The minimum atomic E-state index is -3.15. The molecule has 0 saturated heterocycles. The first-order valence-electron chi connectivity index (χ1n) is 7.27. The fraction of sp³-hybridized carbons (Fsp3) is 1.00. The van der Waals surface area contributed by atoms with E-state index in [9.17, 15) is 8.42 Å². The second-order valence-electron chi connectivity index (χ2n) is 6.08. The van der Waals surface area contributed by atoms with E-state index >= 15 is 0 Å². The van der Waals surface area contributed by atoms with Crippen molar-refractivity contribution in [3.8, 4) is 0 Å². The lowest BCUT2D eigenvalue weighted by Gasteiger charge is -2.35. The van der Waals surface area contributed by atoms with Crippen molar-refractivity contribution in [2.45, 2.75) is 63.3 Å². The van der Waals surface area contributed by atoms with Gasteiger partial charge in [0.1, 0.15) is 0 Å². The molecule has 2 aliphatic carbocycles. The topological polar surface area (TPSA) is 72.2 Å². The van der Waals surface area contributed by atoms with Crippen molar-refractivity contribution in [3.63, 3.8) is 0 Å². The number of nitrogens with two attached hydrogens (primary N) is 1. The second kappa shape index (κ2) is 5.88. The van der Waals surface area contributed by atoms with Crippen LogP contribution >= 0.6 is 0 Å². The maximum atomic E-state index is 12.1. The highest BCUT2D eigenvalue weighted by molar-refractivity contribution is 7.89. The van der Waals surface area contributed by atoms with Gasteiger partial charge in [0.2, 0.25) is 10.0 Å². The first-order valence-corrected chi connectivity index (χ1v) is 8.92. The molecule has 0 radical (unpaired) electrons. The Morgan fingerprint density at radius 3 is 2.11 bits per heavy atom. The van der Waals surface area contributed by atoms with E-state index in [1.165, 1.54) is 19.3 Å². The molecule has 2 rings (SSSR count). The van der Waals surface area contributed by atoms with Gasteiger partial charge in [0.25, 0.3) is 0 Å². The average molecular weight is 274 g/mol. The van der Waals surface area contributed by atoms with E-state index < -0.39 is 10.0 Å². The van der Waals surface area contributed by atoms with E-state index in [1.54, 1.807) is 0 Å². The number of nitrogens with one attached hydrogen (secondary N) is 1. The van der Waals surface area contributed by atoms with Gasteiger partial charge in [-0.1, -0.05) is 32.1 Å². The predicted molar refractivity (Wildman–Crippen MR) is 73.8 cm³/mol. The van der Waals surface area contributed by atoms with Crippen molar-refractivity contribution in [3.05, 3.63) is 0 Å². The minimum absolute atomic E-state index is 0.300. The van der Waals surface area contributed by atoms with Crippen LogP contribution in [0.25, 0.3) is 0 Å². The van der Waals surface area contributed by atoms with Crippen LogP contribution in [0.1, 0.15) is 57.8 Å². The summed E-state index contributed by atoms with van der Waals surface area (Å²) in [4.78, 5) is 0. The van der Waals surface area contributed by atoms with Gasteiger partial charge >= 0.3 is 0 Å². The molecule has 0 heterocycles. The van der Waals surface area contributed by atoms with Crippen molar-refractivity contribution in [1.82, 2.24) is 4.72 Å². The van der Waals surface area contributed by atoms with E-state index in [4.69, 9.17) is 5.73 Å². The van der Waals surface area contributed by atoms with Gasteiger partial charge < -0.3 is 5.73 Å². The van der Waals surface area contributed by atoms with Crippen LogP contribution in [0.2, 0.25) is 0 Å². The van der Waals surface area contributed by atoms with Crippen molar-refractivity contribution in [2.24, 2.45) is 11.7 Å². The quantitative estimate of drug-likeness (QED) is 0.802. The molecule has 0 aliphatic heterocycles. The number of sulfonamides is 1. The Morgan fingerprint density at radius 1 is 1.06 bits per heavy atom. The summed E-state index contributed by atoms with van der Waals surface area (Å²) in [7, 11) is -3.15. The Hall–Kier alpha value is -0.130. The molecule has 5 heteroatoms. The Kier molecular flexibility index (Phi) is 4.67. The van der Waals surface area contributed by atoms with Crippen LogP contribution in [-0.2, 0) is 10.0 Å². The van der Waals surface area contributed by atoms with Gasteiger partial charge in [-0.2, -0.15) is 0 Å². The standard InChI is InChI=1S/C13H26N2O2S/c14-11-13(8-4-2-1-3-5-9-13)15-18(16,17)10-12-6-7-12/h12,15H,1-11,14H2. The second-order valence-corrected chi connectivity index (χ2v) is 7.85. The normalized spacial score (nSPS) is 25.4. The fourth-order valence-electron chi connectivity index (χ4n) is 2.90. The highest BCUT2D eigenvalue weighted by Gasteiger charge is 2.36. The van der Waals surface area contributed by atoms with E-state index in [1.807, 2.05) is 0 Å². The van der Waals surface area contributed by atoms with Crippen LogP contribution in [0, 0.1) is 5.92 Å². The van der Waals surface area contributed by atoms with E-state index in [2.05, 4.69) is 4.72 Å². The average Bonchev–Trinajstić information content (AvgIpc) is 3.05. The highest BCUT2D eigenvalue weighted by Crippen LogP contribution is 2.31. The Labute approximate surface area is 111 Å². The first kappa shape index (κ1) is 14.3. The third-order valence-electron chi connectivity index (χ3n) is 4.23. The van der Waals surface area contributed by atoms with Crippen molar-refractivity contribution >= 4 is 10.0 Å². The van der Waals surface area contributed by atoms with Crippen LogP contribution < -0.4 is 10.5 Å². The Balaban J connectivity index is 1.99. The lowest BCUT2D eigenvalue weighted by molar-refractivity contribution is 0.296. The van der Waals surface area contributed by atoms with Gasteiger partial charge in [-0.25, -0.2) is 13.1 Å². The monoisotopic (exact) mass is 274 g/mol. The molecular formula is C13H26N2O2S. The summed E-state index contributed by atoms with van der Waals surface area (Å²) in [6.07, 6.45) is 9.77. The SMILES string of the molecule is NCC1(NS(=O)(=O)CC2CC2)CCCCCCC1. The minimum Gasteiger partial charge on any atom is -0.329 e. The molecule has 0 amide bonds. The largest absolute Gasteiger partial charge is 0.329 e. The first-order chi connectivity index (χ1) is 8.55. The zero-order valence-corrected chi connectivity index (χ0v) is 12.0. The molecule has 0 atom stereocenters. The molecule has 2 saturated carbocycles. The van der Waals surface area contributed by atoms with Crippen LogP contribution in [0.15, 0.2) is 0 Å². The van der Waals surface area contributed by atoms with Gasteiger partial charge in [0.05, 0.1) is 5.75 Å². The summed E-state index contributed by atoms with van der Waals surface area (Å²) < 4.78 is 27.2. The van der Waals surface area contributed by atoms with Crippen LogP contribution in [0.4, 0.5) is 0 Å². The van der Waals surface area contributed by atoms with Gasteiger partial charge in [-0.05, 0) is 31.6 Å². The predicted octanol–water partition coefficient (Wildman–Crippen LogP) is 1.76. The molecule has 0 bridgehead atoms. The number of hydrogen-bond acceptors (Lipinski definition) is 3. The summed E-state index contributed by atoms with van der Waals surface area (Å²) in [6, 6.07) is 0. The molecule has 2 fully saturated rings.